The van der Waals surface area contributed by atoms with Crippen molar-refractivity contribution in [3.05, 3.63) is 239 Å². The average Bonchev–Trinajstić information content (AvgIpc) is 1.75. The van der Waals surface area contributed by atoms with E-state index in [1.54, 1.807) is 40.9 Å². The van der Waals surface area contributed by atoms with Gasteiger partial charge in [-0.25, -0.2) is 19.2 Å². The van der Waals surface area contributed by atoms with E-state index in [1.807, 2.05) is 265 Å². The molecule has 0 aromatic heterocycles. The Hall–Kier alpha value is -12.5. The molecule has 8 aromatic rings. The number of para-hydroxylation sites is 5. The zero-order valence-corrected chi connectivity index (χ0v) is 68.1. The van der Waals surface area contributed by atoms with Crippen LogP contribution in [-0.4, -0.2) is 184 Å². The lowest BCUT2D eigenvalue weighted by atomic mass is 9.75. The summed E-state index contributed by atoms with van der Waals surface area (Å²) in [5.74, 6) is 2.63. The summed E-state index contributed by atoms with van der Waals surface area (Å²) < 4.78 is 36.6. The highest BCUT2D eigenvalue weighted by Gasteiger charge is 2.63. The Morgan fingerprint density at radius 2 is 0.615 bits per heavy atom. The maximum atomic E-state index is 13.5. The van der Waals surface area contributed by atoms with Crippen molar-refractivity contribution in [2.45, 2.75) is 133 Å². The zero-order valence-electron chi connectivity index (χ0n) is 68.1. The van der Waals surface area contributed by atoms with Crippen molar-refractivity contribution >= 4 is 82.3 Å². The van der Waals surface area contributed by atoms with Gasteiger partial charge in [0.05, 0.1) is 59.3 Å². The summed E-state index contributed by atoms with van der Waals surface area (Å²) in [5, 5.41) is 9.00. The number of rotatable bonds is 12. The summed E-state index contributed by atoms with van der Waals surface area (Å²) in [6, 6.07) is 62.4. The molecular weight excluding hydrogens is 1490 g/mol. The van der Waals surface area contributed by atoms with Crippen molar-refractivity contribution in [1.82, 2.24) is 24.9 Å². The van der Waals surface area contributed by atoms with Gasteiger partial charge in [0.25, 0.3) is 0 Å². The highest BCUT2D eigenvalue weighted by atomic mass is 16.6. The smallest absolute Gasteiger partial charge is 0.410 e. The molecule has 117 heavy (non-hydrogen) atoms. The largest absolute Gasteiger partial charge is 0.497 e. The molecule has 0 radical (unpaired) electrons. The molecular formula is C91H100N10O16. The average molecular weight is 1590 g/mol. The number of carbonyl (C=O) groups excluding carboxylic acids is 9. The van der Waals surface area contributed by atoms with Crippen LogP contribution in [0.1, 0.15) is 107 Å². The normalized spacial score (nSPS) is 17.9. The molecule has 0 unspecified atom stereocenters. The molecule has 5 spiro atoms. The predicted molar refractivity (Wildman–Crippen MR) is 441 cm³/mol. The highest BCUT2D eigenvalue weighted by Crippen LogP contribution is 2.52. The van der Waals surface area contributed by atoms with Gasteiger partial charge in [-0.1, -0.05) is 127 Å². The van der Waals surface area contributed by atoms with E-state index in [0.29, 0.717) is 72.0 Å². The Morgan fingerprint density at radius 3 is 0.897 bits per heavy atom. The lowest BCUT2D eigenvalue weighted by Crippen LogP contribution is -2.65. The van der Waals surface area contributed by atoms with E-state index in [2.05, 4.69) is 22.0 Å². The molecule has 10 aliphatic rings. The van der Waals surface area contributed by atoms with Gasteiger partial charge in [0.1, 0.15) is 49.9 Å². The van der Waals surface area contributed by atoms with Crippen LogP contribution >= 0.6 is 0 Å². The van der Waals surface area contributed by atoms with E-state index >= 15 is 0 Å². The van der Waals surface area contributed by atoms with Gasteiger partial charge in [0, 0.05) is 93.9 Å². The van der Waals surface area contributed by atoms with Gasteiger partial charge in [-0.05, 0) is 174 Å². The molecule has 610 valence electrons. The van der Waals surface area contributed by atoms with Gasteiger partial charge in [-0.15, -0.1) is 0 Å². The van der Waals surface area contributed by atoms with Crippen LogP contribution in [0, 0.1) is 0 Å². The van der Waals surface area contributed by atoms with E-state index in [-0.39, 0.29) is 77.6 Å². The minimum atomic E-state index is -0.681. The molecule has 5 saturated heterocycles. The Labute approximate surface area is 681 Å². The molecule has 26 nitrogen and oxygen atoms in total. The van der Waals surface area contributed by atoms with Gasteiger partial charge in [-0.3, -0.25) is 24.0 Å². The van der Waals surface area contributed by atoms with Crippen molar-refractivity contribution in [1.29, 1.82) is 0 Å². The molecule has 9 amide bonds. The summed E-state index contributed by atoms with van der Waals surface area (Å²) in [6.07, 6.45) is -1.90. The SMILES string of the molecule is CC(C)OC(=O)N1CC2(C1)C(=O)Nc1ccccc12.CC(C)OC(=O)N1CC2(C1)C(=O)Nc1ccccc12.COc1ccc(CN2C(=O)C3(CN(C(=O)OC(C)(C)C)C3)c3ccccc32)cc1.COc1ccc(CN2C(=O)C3(CN(C(=O)OC(C)C)C3)c3ccccc32)cc1.COc1ccc(CN2C(=O)C3(CNC3)c3ccccc32)cc1. The van der Waals surface area contributed by atoms with Crippen molar-refractivity contribution in [2.24, 2.45) is 0 Å². The van der Waals surface area contributed by atoms with E-state index in [0.717, 1.165) is 103 Å². The molecule has 0 saturated carbocycles. The molecule has 18 rings (SSSR count). The summed E-state index contributed by atoms with van der Waals surface area (Å²) in [7, 11) is 4.92. The number of nitrogens with one attached hydrogen (secondary N) is 3. The van der Waals surface area contributed by atoms with E-state index in [1.165, 1.54) is 0 Å². The molecule has 0 aliphatic carbocycles. The minimum absolute atomic E-state index is 0.0257. The van der Waals surface area contributed by atoms with Crippen LogP contribution in [0.15, 0.2) is 194 Å². The maximum absolute atomic E-state index is 13.5. The molecule has 0 atom stereocenters. The van der Waals surface area contributed by atoms with Gasteiger partial charge < -0.3 is 83.4 Å². The molecule has 0 bridgehead atoms. The lowest BCUT2D eigenvalue weighted by Gasteiger charge is -2.46. The van der Waals surface area contributed by atoms with Gasteiger partial charge >= 0.3 is 24.4 Å². The second-order valence-electron chi connectivity index (χ2n) is 33.0. The number of fused-ring (bicyclic) bond motifs is 10. The van der Waals surface area contributed by atoms with Crippen LogP contribution in [0.5, 0.6) is 17.2 Å². The molecule has 26 heteroatoms. The van der Waals surface area contributed by atoms with Crippen molar-refractivity contribution in [3.63, 3.8) is 0 Å². The van der Waals surface area contributed by atoms with Gasteiger partial charge in [-0.2, -0.15) is 0 Å². The maximum Gasteiger partial charge on any atom is 0.410 e. The van der Waals surface area contributed by atoms with Crippen molar-refractivity contribution < 1.29 is 76.3 Å². The van der Waals surface area contributed by atoms with Crippen LogP contribution < -0.4 is 44.9 Å². The molecule has 5 fully saturated rings. The number of benzene rings is 8. The van der Waals surface area contributed by atoms with Crippen LogP contribution in [-0.2, 0) is 89.6 Å². The van der Waals surface area contributed by atoms with Crippen molar-refractivity contribution in [3.8, 4) is 17.2 Å². The number of amides is 9. The summed E-state index contributed by atoms with van der Waals surface area (Å²) >= 11 is 0. The Bertz CT molecular complexity index is 5010. The third kappa shape index (κ3) is 15.4. The molecule has 10 heterocycles. The van der Waals surface area contributed by atoms with Crippen LogP contribution in [0.4, 0.5) is 47.6 Å². The fraction of sp³-hybridized carbons (Fsp3) is 0.374. The molecule has 3 N–H and O–H groups in total. The number of methoxy groups -OCH3 is 3. The number of hydrogen-bond acceptors (Lipinski definition) is 17. The zero-order chi connectivity index (χ0) is 83.1. The first-order valence-corrected chi connectivity index (χ1v) is 39.5. The quantitative estimate of drug-likeness (QED) is 0.0959. The third-order valence-corrected chi connectivity index (χ3v) is 22.8. The van der Waals surface area contributed by atoms with E-state index in [4.69, 9.17) is 33.2 Å². The van der Waals surface area contributed by atoms with E-state index in [9.17, 15) is 43.2 Å². The Balaban J connectivity index is 0.000000122. The number of ether oxygens (including phenoxy) is 7. The number of hydrogen-bond donors (Lipinski definition) is 3. The third-order valence-electron chi connectivity index (χ3n) is 22.8. The second-order valence-corrected chi connectivity index (χ2v) is 33.0. The summed E-state index contributed by atoms with van der Waals surface area (Å²) in [6.45, 7) is 22.4. The Kier molecular flexibility index (Phi) is 22.4. The molecule has 10 aliphatic heterocycles. The Morgan fingerprint density at radius 1 is 0.350 bits per heavy atom. The van der Waals surface area contributed by atoms with Crippen LogP contribution in [0.3, 0.4) is 0 Å². The van der Waals surface area contributed by atoms with E-state index < -0.39 is 27.3 Å². The standard InChI is InChI=1S/C23H26N2O4.C22H24N2O4.C18H18N2O2.2C14H16N2O3/c1-22(2,3)29-21(27)24-14-23(15-24)18-7-5-6-8-19(18)25(20(23)26)13-16-9-11-17(28-4)12-10-16;1-15(2)28-21(26)23-13-22(14-23)18-6-4-5-7-19(18)24(20(22)25)12-16-8-10-17(27-3)11-9-16;1-22-14-8-6-13(7-9-14)10-20-16-5-3-2-4-15(16)18(17(20)21)11-19-12-18;2*1-9(2)19-13(18)16-7-14(8-16)10-5-3-4-6-11(10)15-12(14)17/h5-12H,13-15H2,1-4H3;4-11,15H,12-14H2,1-3H3;2-9,19H,10-12H2,1H3;2*3-6,9H,7-8H2,1-2H3,(H,15,17). The van der Waals surface area contributed by atoms with Crippen LogP contribution in [0.25, 0.3) is 0 Å². The fourth-order valence-electron chi connectivity index (χ4n) is 16.8. The van der Waals surface area contributed by atoms with Crippen LogP contribution in [0.2, 0.25) is 0 Å². The number of anilines is 5. The minimum Gasteiger partial charge on any atom is -0.497 e. The van der Waals surface area contributed by atoms with Crippen molar-refractivity contribution in [2.75, 3.05) is 112 Å². The predicted octanol–water partition coefficient (Wildman–Crippen LogP) is 12.6. The first kappa shape index (κ1) is 81.1. The first-order chi connectivity index (χ1) is 56.0. The number of nitrogens with zero attached hydrogens (tertiary/aromatic N) is 7. The second kappa shape index (κ2) is 32.3. The monoisotopic (exact) mass is 1590 g/mol. The lowest BCUT2D eigenvalue weighted by molar-refractivity contribution is -0.129. The molecule has 8 aromatic carbocycles. The first-order valence-electron chi connectivity index (χ1n) is 39.5. The van der Waals surface area contributed by atoms with Gasteiger partial charge in [0.2, 0.25) is 29.5 Å². The summed E-state index contributed by atoms with van der Waals surface area (Å²) in [5.41, 5.74) is 9.42. The fourth-order valence-corrected chi connectivity index (χ4v) is 16.8. The van der Waals surface area contributed by atoms with Gasteiger partial charge in [0.15, 0.2) is 0 Å². The summed E-state index contributed by atoms with van der Waals surface area (Å²) in [4.78, 5) is 124. The number of carbonyl (C=O) groups is 9. The highest BCUT2D eigenvalue weighted by molar-refractivity contribution is 6.13. The topological polar surface area (TPSA) is 277 Å². The number of likely N-dealkylation sites (tertiary alicyclic amines) is 4.